The van der Waals surface area contributed by atoms with Gasteiger partial charge in [-0.25, -0.2) is 0 Å². The van der Waals surface area contributed by atoms with Crippen LogP contribution >= 0.6 is 0 Å². The molecule has 3 aromatic carbocycles. The highest BCUT2D eigenvalue weighted by Gasteiger charge is 2.42. The molecule has 1 saturated heterocycles. The van der Waals surface area contributed by atoms with Gasteiger partial charge in [-0.1, -0.05) is 60.7 Å². The predicted octanol–water partition coefficient (Wildman–Crippen LogP) is 5.49. The van der Waals surface area contributed by atoms with Gasteiger partial charge in [-0.2, -0.15) is 13.2 Å². The molecule has 3 nitrogen and oxygen atoms in total. The maximum atomic E-state index is 12.8. The standard InChI is InChI=1S/C26H24F3NO2/c27-26(28,29)23-13-11-19(12-14-23)24(31)30-17-15-22(16-18-30)25(32,20-7-3-1-4-8-20)21-9-5-2-6-10-21/h1-14,22,32H,15-18H2. The van der Waals surface area contributed by atoms with Gasteiger partial charge in [0.1, 0.15) is 5.60 Å². The quantitative estimate of drug-likeness (QED) is 0.584. The van der Waals surface area contributed by atoms with Crippen LogP contribution in [0.5, 0.6) is 0 Å². The number of hydrogen-bond acceptors (Lipinski definition) is 2. The van der Waals surface area contributed by atoms with E-state index >= 15 is 0 Å². The van der Waals surface area contributed by atoms with E-state index in [0.717, 1.165) is 23.3 Å². The molecular formula is C26H24F3NO2. The Morgan fingerprint density at radius 2 is 1.22 bits per heavy atom. The topological polar surface area (TPSA) is 40.5 Å². The Morgan fingerprint density at radius 1 is 0.750 bits per heavy atom. The van der Waals surface area contributed by atoms with Gasteiger partial charge in [0.05, 0.1) is 5.56 Å². The lowest BCUT2D eigenvalue weighted by molar-refractivity contribution is -0.137. The van der Waals surface area contributed by atoms with E-state index in [1.807, 2.05) is 60.7 Å². The fourth-order valence-electron chi connectivity index (χ4n) is 4.51. The summed E-state index contributed by atoms with van der Waals surface area (Å²) in [6, 6.07) is 23.3. The van der Waals surface area contributed by atoms with Gasteiger partial charge in [-0.3, -0.25) is 4.79 Å². The van der Waals surface area contributed by atoms with Gasteiger partial charge in [-0.05, 0) is 54.2 Å². The number of piperidine rings is 1. The van der Waals surface area contributed by atoms with Gasteiger partial charge < -0.3 is 10.0 Å². The van der Waals surface area contributed by atoms with E-state index in [1.54, 1.807) is 4.90 Å². The summed E-state index contributed by atoms with van der Waals surface area (Å²) in [4.78, 5) is 14.5. The molecule has 0 unspecified atom stereocenters. The summed E-state index contributed by atoms with van der Waals surface area (Å²) in [5.41, 5.74) is -0.120. The molecule has 1 N–H and O–H groups in total. The number of nitrogens with zero attached hydrogens (tertiary/aromatic N) is 1. The molecule has 0 atom stereocenters. The molecule has 0 aromatic heterocycles. The van der Waals surface area contributed by atoms with Gasteiger partial charge in [0, 0.05) is 18.7 Å². The van der Waals surface area contributed by atoms with Crippen molar-refractivity contribution < 1.29 is 23.1 Å². The maximum absolute atomic E-state index is 12.8. The lowest BCUT2D eigenvalue weighted by Gasteiger charge is -2.42. The number of amides is 1. The molecule has 1 amide bonds. The number of carbonyl (C=O) groups is 1. The molecule has 0 aliphatic carbocycles. The Hall–Kier alpha value is -3.12. The molecule has 4 rings (SSSR count). The first-order chi connectivity index (χ1) is 15.3. The van der Waals surface area contributed by atoms with Gasteiger partial charge >= 0.3 is 6.18 Å². The summed E-state index contributed by atoms with van der Waals surface area (Å²) in [7, 11) is 0. The van der Waals surface area contributed by atoms with E-state index in [-0.39, 0.29) is 17.4 Å². The van der Waals surface area contributed by atoms with E-state index in [1.165, 1.54) is 12.1 Å². The summed E-state index contributed by atoms with van der Waals surface area (Å²) in [6.45, 7) is 0.846. The van der Waals surface area contributed by atoms with E-state index in [2.05, 4.69) is 0 Å². The molecule has 0 spiro atoms. The smallest absolute Gasteiger partial charge is 0.380 e. The first-order valence-corrected chi connectivity index (χ1v) is 10.6. The first-order valence-electron chi connectivity index (χ1n) is 10.6. The summed E-state index contributed by atoms with van der Waals surface area (Å²) >= 11 is 0. The van der Waals surface area contributed by atoms with Gasteiger partial charge in [0.2, 0.25) is 0 Å². The average Bonchev–Trinajstić information content (AvgIpc) is 2.84. The van der Waals surface area contributed by atoms with Crippen molar-refractivity contribution in [2.45, 2.75) is 24.6 Å². The van der Waals surface area contributed by atoms with Crippen molar-refractivity contribution in [3.63, 3.8) is 0 Å². The monoisotopic (exact) mass is 439 g/mol. The maximum Gasteiger partial charge on any atom is 0.416 e. The Kier molecular flexibility index (Phi) is 6.07. The van der Waals surface area contributed by atoms with E-state index < -0.39 is 17.3 Å². The number of hydrogen-bond donors (Lipinski definition) is 1. The van der Waals surface area contributed by atoms with Crippen LogP contribution in [0.1, 0.15) is 39.9 Å². The van der Waals surface area contributed by atoms with E-state index in [9.17, 15) is 23.1 Å². The fourth-order valence-corrected chi connectivity index (χ4v) is 4.51. The zero-order valence-corrected chi connectivity index (χ0v) is 17.4. The Balaban J connectivity index is 1.52. The fraction of sp³-hybridized carbons (Fsp3) is 0.269. The third kappa shape index (κ3) is 4.28. The molecule has 1 aliphatic heterocycles. The molecular weight excluding hydrogens is 415 g/mol. The lowest BCUT2D eigenvalue weighted by atomic mass is 9.72. The third-order valence-corrected chi connectivity index (χ3v) is 6.26. The number of aliphatic hydroxyl groups is 1. The van der Waals surface area contributed by atoms with Crippen LogP contribution < -0.4 is 0 Å². The number of halogens is 3. The molecule has 32 heavy (non-hydrogen) atoms. The summed E-state index contributed by atoms with van der Waals surface area (Å²) in [5.74, 6) is -0.399. The van der Waals surface area contributed by atoms with Gasteiger partial charge in [-0.15, -0.1) is 0 Å². The molecule has 1 aliphatic rings. The highest BCUT2D eigenvalue weighted by molar-refractivity contribution is 5.94. The van der Waals surface area contributed by atoms with Crippen molar-refractivity contribution in [1.29, 1.82) is 0 Å². The second-order valence-corrected chi connectivity index (χ2v) is 8.14. The van der Waals surface area contributed by atoms with Crippen molar-refractivity contribution in [3.8, 4) is 0 Å². The van der Waals surface area contributed by atoms with E-state index in [0.29, 0.717) is 25.9 Å². The van der Waals surface area contributed by atoms with Crippen LogP contribution in [-0.4, -0.2) is 29.0 Å². The van der Waals surface area contributed by atoms with Crippen LogP contribution in [0.25, 0.3) is 0 Å². The number of benzene rings is 3. The average molecular weight is 439 g/mol. The van der Waals surface area contributed by atoms with Crippen molar-refractivity contribution in [2.75, 3.05) is 13.1 Å². The highest BCUT2D eigenvalue weighted by atomic mass is 19.4. The van der Waals surface area contributed by atoms with Crippen LogP contribution in [0.3, 0.4) is 0 Å². The minimum atomic E-state index is -4.43. The molecule has 1 heterocycles. The van der Waals surface area contributed by atoms with Crippen LogP contribution in [0.2, 0.25) is 0 Å². The number of rotatable bonds is 4. The molecule has 0 saturated carbocycles. The second kappa shape index (κ2) is 8.79. The van der Waals surface area contributed by atoms with Gasteiger partial charge in [0.15, 0.2) is 0 Å². The number of carbonyl (C=O) groups excluding carboxylic acids is 1. The van der Waals surface area contributed by atoms with Crippen molar-refractivity contribution in [2.24, 2.45) is 5.92 Å². The van der Waals surface area contributed by atoms with Crippen LogP contribution in [-0.2, 0) is 11.8 Å². The second-order valence-electron chi connectivity index (χ2n) is 8.14. The zero-order chi connectivity index (χ0) is 22.8. The molecule has 0 bridgehead atoms. The molecule has 0 radical (unpaired) electrons. The zero-order valence-electron chi connectivity index (χ0n) is 17.4. The minimum absolute atomic E-state index is 0.107. The molecule has 3 aromatic rings. The Morgan fingerprint density at radius 3 is 1.66 bits per heavy atom. The van der Waals surface area contributed by atoms with E-state index in [4.69, 9.17) is 0 Å². The Labute approximate surface area is 185 Å². The summed E-state index contributed by atoms with van der Waals surface area (Å²) in [5, 5.41) is 11.9. The SMILES string of the molecule is O=C(c1ccc(C(F)(F)F)cc1)N1CCC(C(O)(c2ccccc2)c2ccccc2)CC1. The minimum Gasteiger partial charge on any atom is -0.380 e. The largest absolute Gasteiger partial charge is 0.416 e. The normalized spacial score (nSPS) is 15.6. The first kappa shape index (κ1) is 22.1. The Bertz CT molecular complexity index is 1000. The molecule has 166 valence electrons. The molecule has 6 heteroatoms. The van der Waals surface area contributed by atoms with Crippen molar-refractivity contribution in [3.05, 3.63) is 107 Å². The van der Waals surface area contributed by atoms with Crippen molar-refractivity contribution >= 4 is 5.91 Å². The molecule has 1 fully saturated rings. The summed E-state index contributed by atoms with van der Waals surface area (Å²) < 4.78 is 38.4. The predicted molar refractivity (Wildman–Crippen MR) is 116 cm³/mol. The number of alkyl halides is 3. The van der Waals surface area contributed by atoms with Crippen LogP contribution in [0.4, 0.5) is 13.2 Å². The lowest BCUT2D eigenvalue weighted by Crippen LogP contribution is -2.46. The number of likely N-dealkylation sites (tertiary alicyclic amines) is 1. The highest BCUT2D eigenvalue weighted by Crippen LogP contribution is 2.42. The van der Waals surface area contributed by atoms with Gasteiger partial charge in [0.25, 0.3) is 5.91 Å². The third-order valence-electron chi connectivity index (χ3n) is 6.26. The van der Waals surface area contributed by atoms with Crippen LogP contribution in [0.15, 0.2) is 84.9 Å². The van der Waals surface area contributed by atoms with Crippen LogP contribution in [0, 0.1) is 5.92 Å². The summed E-state index contributed by atoms with van der Waals surface area (Å²) in [6.07, 6.45) is -3.28. The van der Waals surface area contributed by atoms with Crippen molar-refractivity contribution in [1.82, 2.24) is 4.90 Å².